The van der Waals surface area contributed by atoms with Gasteiger partial charge in [0.25, 0.3) is 0 Å². The van der Waals surface area contributed by atoms with Crippen molar-refractivity contribution in [3.63, 3.8) is 0 Å². The maximum Gasteiger partial charge on any atom is 0.202 e. The molecule has 0 bridgehead atoms. The Kier molecular flexibility index (Phi) is 3.74. The van der Waals surface area contributed by atoms with E-state index >= 15 is 0 Å². The van der Waals surface area contributed by atoms with E-state index in [0.717, 1.165) is 34.9 Å². The molecule has 118 valence electrons. The molecule has 22 heavy (non-hydrogen) atoms. The monoisotopic (exact) mass is 303 g/mol. The first-order chi connectivity index (χ1) is 10.6. The minimum atomic E-state index is -0.148. The maximum atomic E-state index is 5.95. The molecule has 1 aromatic rings. The maximum absolute atomic E-state index is 5.95. The molecule has 2 aliphatic heterocycles. The van der Waals surface area contributed by atoms with Gasteiger partial charge >= 0.3 is 0 Å². The number of hydrogen-bond acceptors (Lipinski definition) is 5. The average Bonchev–Trinajstić information content (AvgIpc) is 2.54. The molecule has 0 aromatic heterocycles. The summed E-state index contributed by atoms with van der Waals surface area (Å²) in [5, 5.41) is 0. The Hall–Kier alpha value is -2.14. The molecule has 5 heteroatoms. The molecular formula is C17H21NO4. The van der Waals surface area contributed by atoms with E-state index in [4.69, 9.17) is 18.9 Å². The third-order valence-electron chi connectivity index (χ3n) is 4.17. The van der Waals surface area contributed by atoms with Gasteiger partial charge in [-0.05, 0) is 25.5 Å². The molecule has 1 aromatic carbocycles. The van der Waals surface area contributed by atoms with Crippen LogP contribution in [0.15, 0.2) is 35.4 Å². The van der Waals surface area contributed by atoms with E-state index in [2.05, 4.69) is 6.08 Å². The second kappa shape index (κ2) is 5.57. The standard InChI is InChI=1S/C17H21NO4/c1-10-6-7-12-15(20-4)11-8-9-13(19-3)16(21-5)14(11)18(2)17(12)22-10/h6,8-9,15H,7H2,1-5H3/t15-/m0/s1. The van der Waals surface area contributed by atoms with Crippen LogP contribution in [-0.4, -0.2) is 28.4 Å². The molecule has 0 amide bonds. The molecule has 0 saturated heterocycles. The summed E-state index contributed by atoms with van der Waals surface area (Å²) in [5.74, 6) is 3.08. The smallest absolute Gasteiger partial charge is 0.202 e. The second-order valence-corrected chi connectivity index (χ2v) is 5.37. The van der Waals surface area contributed by atoms with E-state index < -0.39 is 0 Å². The highest BCUT2D eigenvalue weighted by Crippen LogP contribution is 2.51. The molecule has 3 rings (SSSR count). The molecule has 5 nitrogen and oxygen atoms in total. The summed E-state index contributed by atoms with van der Waals surface area (Å²) < 4.78 is 22.7. The van der Waals surface area contributed by atoms with Gasteiger partial charge in [0, 0.05) is 25.3 Å². The van der Waals surface area contributed by atoms with Gasteiger partial charge in [-0.25, -0.2) is 0 Å². The first-order valence-corrected chi connectivity index (χ1v) is 7.21. The summed E-state index contributed by atoms with van der Waals surface area (Å²) in [6, 6.07) is 3.93. The minimum absolute atomic E-state index is 0.148. The molecule has 0 spiro atoms. The Labute approximate surface area is 130 Å². The summed E-state index contributed by atoms with van der Waals surface area (Å²) >= 11 is 0. The van der Waals surface area contributed by atoms with Crippen LogP contribution in [-0.2, 0) is 9.47 Å². The highest BCUT2D eigenvalue weighted by molar-refractivity contribution is 5.74. The van der Waals surface area contributed by atoms with Crippen molar-refractivity contribution in [1.29, 1.82) is 0 Å². The molecule has 0 N–H and O–H groups in total. The number of methoxy groups -OCH3 is 3. The van der Waals surface area contributed by atoms with Gasteiger partial charge in [0.2, 0.25) is 5.88 Å². The highest BCUT2D eigenvalue weighted by atomic mass is 16.5. The van der Waals surface area contributed by atoms with Crippen molar-refractivity contribution in [3.8, 4) is 11.5 Å². The molecular weight excluding hydrogens is 282 g/mol. The molecule has 0 radical (unpaired) electrons. The number of nitrogens with zero attached hydrogens (tertiary/aromatic N) is 1. The van der Waals surface area contributed by atoms with Gasteiger partial charge in [0.1, 0.15) is 6.10 Å². The Bertz CT molecular complexity index is 663. The molecule has 1 atom stereocenters. The van der Waals surface area contributed by atoms with Crippen molar-refractivity contribution < 1.29 is 18.9 Å². The third-order valence-corrected chi connectivity index (χ3v) is 4.17. The number of benzene rings is 1. The summed E-state index contributed by atoms with van der Waals surface area (Å²) in [4.78, 5) is 2.01. The number of rotatable bonds is 3. The Morgan fingerprint density at radius 1 is 1.18 bits per heavy atom. The summed E-state index contributed by atoms with van der Waals surface area (Å²) in [6.07, 6.45) is 2.74. The van der Waals surface area contributed by atoms with Gasteiger partial charge in [0.05, 0.1) is 25.7 Å². The lowest BCUT2D eigenvalue weighted by atomic mass is 9.92. The Balaban J connectivity index is 2.19. The number of ether oxygens (including phenoxy) is 4. The molecule has 0 aliphatic carbocycles. The zero-order chi connectivity index (χ0) is 15.9. The van der Waals surface area contributed by atoms with Crippen LogP contribution in [0.2, 0.25) is 0 Å². The fourth-order valence-corrected chi connectivity index (χ4v) is 3.15. The lowest BCUT2D eigenvalue weighted by Gasteiger charge is -2.38. The Morgan fingerprint density at radius 3 is 2.59 bits per heavy atom. The zero-order valence-corrected chi connectivity index (χ0v) is 13.6. The normalized spacial score (nSPS) is 20.0. The number of fused-ring (bicyclic) bond motifs is 1. The van der Waals surface area contributed by atoms with Crippen molar-refractivity contribution in [3.05, 3.63) is 41.0 Å². The summed E-state index contributed by atoms with van der Waals surface area (Å²) in [5.41, 5.74) is 3.09. The third kappa shape index (κ3) is 2.04. The van der Waals surface area contributed by atoms with Crippen LogP contribution in [0.3, 0.4) is 0 Å². The molecule has 0 fully saturated rings. The largest absolute Gasteiger partial charge is 0.493 e. The Morgan fingerprint density at radius 2 is 1.95 bits per heavy atom. The van der Waals surface area contributed by atoms with Crippen LogP contribution in [0.5, 0.6) is 11.5 Å². The van der Waals surface area contributed by atoms with Gasteiger partial charge in [0.15, 0.2) is 11.5 Å². The summed E-state index contributed by atoms with van der Waals surface area (Å²) in [7, 11) is 6.97. The first-order valence-electron chi connectivity index (χ1n) is 7.21. The first kappa shape index (κ1) is 14.8. The quantitative estimate of drug-likeness (QED) is 0.856. The fraction of sp³-hybridized carbons (Fsp3) is 0.412. The molecule has 0 saturated carbocycles. The van der Waals surface area contributed by atoms with E-state index in [9.17, 15) is 0 Å². The predicted molar refractivity (Wildman–Crippen MR) is 84.2 cm³/mol. The van der Waals surface area contributed by atoms with Gasteiger partial charge in [-0.3, -0.25) is 0 Å². The van der Waals surface area contributed by atoms with Crippen LogP contribution < -0.4 is 14.4 Å². The van der Waals surface area contributed by atoms with Crippen molar-refractivity contribution in [2.75, 3.05) is 33.3 Å². The predicted octanol–water partition coefficient (Wildman–Crippen LogP) is 3.38. The fourth-order valence-electron chi connectivity index (χ4n) is 3.15. The lowest BCUT2D eigenvalue weighted by Crippen LogP contribution is -2.30. The van der Waals surface area contributed by atoms with Gasteiger partial charge < -0.3 is 23.8 Å². The van der Waals surface area contributed by atoms with Gasteiger partial charge in [-0.2, -0.15) is 0 Å². The van der Waals surface area contributed by atoms with Crippen molar-refractivity contribution in [2.24, 2.45) is 0 Å². The van der Waals surface area contributed by atoms with Crippen molar-refractivity contribution in [1.82, 2.24) is 0 Å². The molecule has 2 aliphatic rings. The van der Waals surface area contributed by atoms with Crippen LogP contribution >= 0.6 is 0 Å². The molecule has 0 unspecified atom stereocenters. The lowest BCUT2D eigenvalue weighted by molar-refractivity contribution is 0.118. The number of anilines is 1. The van der Waals surface area contributed by atoms with Gasteiger partial charge in [-0.1, -0.05) is 6.07 Å². The van der Waals surface area contributed by atoms with Crippen LogP contribution in [0, 0.1) is 0 Å². The number of allylic oxidation sites excluding steroid dienone is 2. The average molecular weight is 303 g/mol. The van der Waals surface area contributed by atoms with Crippen molar-refractivity contribution >= 4 is 5.69 Å². The molecule has 2 heterocycles. The van der Waals surface area contributed by atoms with E-state index in [1.54, 1.807) is 21.3 Å². The highest BCUT2D eigenvalue weighted by Gasteiger charge is 2.36. The van der Waals surface area contributed by atoms with Crippen molar-refractivity contribution in [2.45, 2.75) is 19.4 Å². The van der Waals surface area contributed by atoms with Crippen LogP contribution in [0.1, 0.15) is 25.0 Å². The second-order valence-electron chi connectivity index (χ2n) is 5.37. The minimum Gasteiger partial charge on any atom is -0.493 e. The zero-order valence-electron chi connectivity index (χ0n) is 13.6. The topological polar surface area (TPSA) is 40.2 Å². The summed E-state index contributed by atoms with van der Waals surface area (Å²) in [6.45, 7) is 1.96. The van der Waals surface area contributed by atoms with E-state index in [-0.39, 0.29) is 6.10 Å². The van der Waals surface area contributed by atoms with E-state index in [0.29, 0.717) is 11.5 Å². The van der Waals surface area contributed by atoms with E-state index in [1.807, 2.05) is 31.0 Å². The van der Waals surface area contributed by atoms with Crippen LogP contribution in [0.25, 0.3) is 0 Å². The van der Waals surface area contributed by atoms with E-state index in [1.165, 1.54) is 0 Å². The SMILES string of the molecule is COc1ccc2c(c1OC)N(C)C1=C(CC=C(C)O1)[C@H]2OC. The number of hydrogen-bond donors (Lipinski definition) is 0. The van der Waals surface area contributed by atoms with Crippen LogP contribution in [0.4, 0.5) is 5.69 Å². The van der Waals surface area contributed by atoms with Gasteiger partial charge in [-0.15, -0.1) is 0 Å².